The second-order valence-electron chi connectivity index (χ2n) is 3.13. The molecular formula is C10H8O6. The fourth-order valence-corrected chi connectivity index (χ4v) is 1.37. The molecule has 0 spiro atoms. The first-order valence-electron chi connectivity index (χ1n) is 4.50. The van der Waals surface area contributed by atoms with E-state index in [0.29, 0.717) is 0 Å². The number of hydrogen-bond donors (Lipinski definition) is 2. The van der Waals surface area contributed by atoms with Gasteiger partial charge >= 0.3 is 11.9 Å². The zero-order valence-corrected chi connectivity index (χ0v) is 8.10. The zero-order valence-electron chi connectivity index (χ0n) is 8.10. The molecule has 2 bridgehead atoms. The number of carbonyl (C=O) groups is 2. The Balaban J connectivity index is 2.63. The number of benzene rings is 1. The van der Waals surface area contributed by atoms with Gasteiger partial charge < -0.3 is 19.7 Å². The second kappa shape index (κ2) is 3.73. The van der Waals surface area contributed by atoms with Gasteiger partial charge in [0.2, 0.25) is 0 Å². The Hall–Kier alpha value is -2.24. The number of carbonyl (C=O) groups excluding carboxylic acids is 2. The fourth-order valence-electron chi connectivity index (χ4n) is 1.37. The summed E-state index contributed by atoms with van der Waals surface area (Å²) in [5.74, 6) is -2.73. The molecule has 0 amide bonds. The van der Waals surface area contributed by atoms with E-state index in [4.69, 9.17) is 4.74 Å². The molecule has 1 aliphatic rings. The number of rotatable bonds is 0. The number of cyclic esters (lactones) is 2. The summed E-state index contributed by atoms with van der Waals surface area (Å²) in [5.41, 5.74) is -0.594. The van der Waals surface area contributed by atoms with Crippen LogP contribution in [0.1, 0.15) is 20.7 Å². The van der Waals surface area contributed by atoms with E-state index >= 15 is 0 Å². The van der Waals surface area contributed by atoms with E-state index in [2.05, 4.69) is 4.74 Å². The molecule has 1 heterocycles. The average Bonchev–Trinajstić information content (AvgIpc) is 2.25. The van der Waals surface area contributed by atoms with Crippen LogP contribution < -0.4 is 0 Å². The van der Waals surface area contributed by atoms with E-state index in [1.165, 1.54) is 6.07 Å². The number of ether oxygens (including phenoxy) is 2. The summed E-state index contributed by atoms with van der Waals surface area (Å²) in [7, 11) is 0. The van der Waals surface area contributed by atoms with Gasteiger partial charge in [0.15, 0.2) is 0 Å². The van der Waals surface area contributed by atoms with Crippen molar-refractivity contribution in [1.82, 2.24) is 0 Å². The molecular weight excluding hydrogens is 216 g/mol. The first-order valence-corrected chi connectivity index (χ1v) is 4.50. The molecule has 1 aromatic carbocycles. The topological polar surface area (TPSA) is 93.1 Å². The minimum absolute atomic E-state index is 0.0940. The predicted octanol–water partition coefficient (Wildman–Crippen LogP) is 0.425. The summed E-state index contributed by atoms with van der Waals surface area (Å²) in [5, 5.41) is 19.0. The highest BCUT2D eigenvalue weighted by Crippen LogP contribution is 2.32. The van der Waals surface area contributed by atoms with E-state index in [1.54, 1.807) is 0 Å². The summed E-state index contributed by atoms with van der Waals surface area (Å²) < 4.78 is 9.39. The van der Waals surface area contributed by atoms with E-state index in [9.17, 15) is 19.8 Å². The van der Waals surface area contributed by atoms with Crippen molar-refractivity contribution < 1.29 is 29.3 Å². The van der Waals surface area contributed by atoms with Crippen LogP contribution in [0, 0.1) is 0 Å². The molecule has 16 heavy (non-hydrogen) atoms. The fraction of sp³-hybridized carbons (Fsp3) is 0.200. The number of esters is 2. The molecule has 0 atom stereocenters. The lowest BCUT2D eigenvalue weighted by Gasteiger charge is -2.06. The van der Waals surface area contributed by atoms with Crippen molar-refractivity contribution in [2.45, 2.75) is 0 Å². The maximum Gasteiger partial charge on any atom is 0.345 e. The van der Waals surface area contributed by atoms with Crippen LogP contribution in [-0.4, -0.2) is 35.4 Å². The zero-order chi connectivity index (χ0) is 11.7. The summed E-state index contributed by atoms with van der Waals surface area (Å²) in [4.78, 5) is 22.8. The number of phenols is 2. The highest BCUT2D eigenvalue weighted by molar-refractivity contribution is 6.02. The third-order valence-electron chi connectivity index (χ3n) is 2.13. The summed E-state index contributed by atoms with van der Waals surface area (Å²) in [6, 6.07) is 2.30. The maximum atomic E-state index is 11.4. The molecule has 0 saturated heterocycles. The molecule has 6 nitrogen and oxygen atoms in total. The van der Waals surface area contributed by atoms with Crippen LogP contribution in [0.2, 0.25) is 0 Å². The molecule has 0 fully saturated rings. The minimum Gasteiger partial charge on any atom is -0.507 e. The van der Waals surface area contributed by atoms with E-state index < -0.39 is 29.0 Å². The first kappa shape index (κ1) is 10.3. The van der Waals surface area contributed by atoms with Gasteiger partial charge in [-0.3, -0.25) is 0 Å². The van der Waals surface area contributed by atoms with Crippen LogP contribution in [0.5, 0.6) is 11.5 Å². The van der Waals surface area contributed by atoms with Crippen LogP contribution in [-0.2, 0) is 9.47 Å². The van der Waals surface area contributed by atoms with Gasteiger partial charge in [0.1, 0.15) is 35.8 Å². The third kappa shape index (κ3) is 1.54. The Morgan fingerprint density at radius 3 is 2.31 bits per heavy atom. The lowest BCUT2D eigenvalue weighted by atomic mass is 10.1. The minimum atomic E-state index is -0.893. The first-order chi connectivity index (χ1) is 7.61. The lowest BCUT2D eigenvalue weighted by Crippen LogP contribution is -2.10. The van der Waals surface area contributed by atoms with Crippen LogP contribution in [0.3, 0.4) is 0 Å². The summed E-state index contributed by atoms with van der Waals surface area (Å²) >= 11 is 0. The van der Waals surface area contributed by atoms with Crippen molar-refractivity contribution in [3.8, 4) is 11.5 Å². The molecule has 2 rings (SSSR count). The van der Waals surface area contributed by atoms with Crippen molar-refractivity contribution >= 4 is 11.9 Å². The highest BCUT2D eigenvalue weighted by atomic mass is 16.6. The van der Waals surface area contributed by atoms with Crippen LogP contribution in [0.4, 0.5) is 0 Å². The van der Waals surface area contributed by atoms with Crippen LogP contribution in [0.15, 0.2) is 12.1 Å². The van der Waals surface area contributed by atoms with Gasteiger partial charge in [-0.25, -0.2) is 9.59 Å². The van der Waals surface area contributed by atoms with Crippen molar-refractivity contribution in [3.05, 3.63) is 23.3 Å². The molecule has 6 heteroatoms. The molecule has 0 unspecified atom stereocenters. The van der Waals surface area contributed by atoms with Gasteiger partial charge in [0.05, 0.1) is 0 Å². The number of phenolic OH excluding ortho intramolecular Hbond substituents is 2. The molecule has 0 saturated carbocycles. The molecule has 0 aliphatic carbocycles. The second-order valence-corrected chi connectivity index (χ2v) is 3.13. The Kier molecular flexibility index (Phi) is 2.40. The Morgan fingerprint density at radius 1 is 1.00 bits per heavy atom. The number of hydrogen-bond acceptors (Lipinski definition) is 6. The smallest absolute Gasteiger partial charge is 0.345 e. The van der Waals surface area contributed by atoms with Gasteiger partial charge in [-0.15, -0.1) is 0 Å². The standard InChI is InChI=1S/C10H8O6/c11-6-2-1-5-8(12)7(6)10(14)16-4-3-15-9(5)13/h1-2,11-12H,3-4H2. The van der Waals surface area contributed by atoms with E-state index in [-0.39, 0.29) is 18.8 Å². The Morgan fingerprint density at radius 2 is 1.62 bits per heavy atom. The number of fused-ring (bicyclic) bond motifs is 2. The molecule has 2 N–H and O–H groups in total. The third-order valence-corrected chi connectivity index (χ3v) is 2.13. The van der Waals surface area contributed by atoms with Crippen molar-refractivity contribution in [2.75, 3.05) is 13.2 Å². The average molecular weight is 224 g/mol. The summed E-state index contributed by atoms with van der Waals surface area (Å²) in [6.07, 6.45) is 0. The molecule has 1 aliphatic heterocycles. The van der Waals surface area contributed by atoms with Gasteiger partial charge in [-0.1, -0.05) is 0 Å². The van der Waals surface area contributed by atoms with Crippen molar-refractivity contribution in [1.29, 1.82) is 0 Å². The van der Waals surface area contributed by atoms with Crippen molar-refractivity contribution in [3.63, 3.8) is 0 Å². The van der Waals surface area contributed by atoms with Crippen molar-refractivity contribution in [2.24, 2.45) is 0 Å². The molecule has 1 aromatic rings. The van der Waals surface area contributed by atoms with Gasteiger partial charge in [0.25, 0.3) is 0 Å². The molecule has 84 valence electrons. The van der Waals surface area contributed by atoms with E-state index in [1.807, 2.05) is 0 Å². The van der Waals surface area contributed by atoms with Crippen LogP contribution in [0.25, 0.3) is 0 Å². The highest BCUT2D eigenvalue weighted by Gasteiger charge is 2.26. The lowest BCUT2D eigenvalue weighted by molar-refractivity contribution is 0.0275. The largest absolute Gasteiger partial charge is 0.507 e. The Bertz CT molecular complexity index is 465. The van der Waals surface area contributed by atoms with Gasteiger partial charge in [-0.05, 0) is 12.1 Å². The quantitative estimate of drug-likeness (QED) is 0.620. The predicted molar refractivity (Wildman–Crippen MR) is 50.3 cm³/mol. The van der Waals surface area contributed by atoms with Crippen LogP contribution >= 0.6 is 0 Å². The molecule has 0 aromatic heterocycles. The van der Waals surface area contributed by atoms with Gasteiger partial charge in [0, 0.05) is 0 Å². The van der Waals surface area contributed by atoms with E-state index in [0.717, 1.165) is 6.07 Å². The van der Waals surface area contributed by atoms with Gasteiger partial charge in [-0.2, -0.15) is 0 Å². The molecule has 0 radical (unpaired) electrons. The Labute approximate surface area is 90.0 Å². The number of aromatic hydroxyl groups is 2. The SMILES string of the molecule is O=C1OCCOC(=O)c2c(O)ccc1c2O. The maximum absolute atomic E-state index is 11.4. The summed E-state index contributed by atoms with van der Waals surface area (Å²) in [6.45, 7) is -0.217. The normalized spacial score (nSPS) is 15.5. The monoisotopic (exact) mass is 224 g/mol.